The lowest BCUT2D eigenvalue weighted by molar-refractivity contribution is -0.656. The van der Waals surface area contributed by atoms with E-state index in [4.69, 9.17) is 4.74 Å². The molecule has 3 N–H and O–H groups in total. The number of amides is 1. The molecular weight excluding hydrogens is 288 g/mol. The molecule has 0 aliphatic carbocycles. The van der Waals surface area contributed by atoms with Gasteiger partial charge in [0.1, 0.15) is 10.8 Å². The summed E-state index contributed by atoms with van der Waals surface area (Å²) >= 11 is 1.38. The van der Waals surface area contributed by atoms with Gasteiger partial charge in [-0.2, -0.15) is 0 Å². The zero-order valence-corrected chi connectivity index (χ0v) is 12.5. The molecule has 0 saturated carbocycles. The van der Waals surface area contributed by atoms with Crippen molar-refractivity contribution < 1.29 is 14.8 Å². The number of rotatable bonds is 4. The Kier molecular flexibility index (Phi) is 4.12. The number of aromatic nitrogens is 2. The van der Waals surface area contributed by atoms with E-state index in [1.165, 1.54) is 11.3 Å². The minimum Gasteiger partial charge on any atom is -0.497 e. The first-order chi connectivity index (χ1) is 10.3. The summed E-state index contributed by atoms with van der Waals surface area (Å²) < 4.78 is 5.13. The number of carbonyl (C=O) groups excluding carboxylic acids is 1. The number of ether oxygens (including phenoxy) is 1. The SMILES string of the molecule is COc1ccc(-c2nnc(NC(=O)[C@@H]3CCC[NH2+]3)s2)cc1. The molecule has 2 heterocycles. The molecule has 6 nitrogen and oxygen atoms in total. The first-order valence-electron chi connectivity index (χ1n) is 6.88. The molecule has 0 radical (unpaired) electrons. The minimum absolute atomic E-state index is 0.0123. The van der Waals surface area contributed by atoms with E-state index in [1.807, 2.05) is 24.3 Å². The highest BCUT2D eigenvalue weighted by molar-refractivity contribution is 7.18. The van der Waals surface area contributed by atoms with E-state index in [0.29, 0.717) is 5.13 Å². The van der Waals surface area contributed by atoms with Crippen LogP contribution in [0.3, 0.4) is 0 Å². The van der Waals surface area contributed by atoms with Crippen molar-refractivity contribution in [3.63, 3.8) is 0 Å². The third-order valence-corrected chi connectivity index (χ3v) is 4.39. The zero-order valence-electron chi connectivity index (χ0n) is 11.7. The number of nitrogens with one attached hydrogen (secondary N) is 1. The maximum absolute atomic E-state index is 12.0. The van der Waals surface area contributed by atoms with Crippen LogP contribution in [0.15, 0.2) is 24.3 Å². The van der Waals surface area contributed by atoms with Crippen LogP contribution in [-0.4, -0.2) is 35.8 Å². The Hall–Kier alpha value is -1.99. The Morgan fingerprint density at radius 1 is 1.38 bits per heavy atom. The number of nitrogens with two attached hydrogens (primary N) is 1. The third-order valence-electron chi connectivity index (χ3n) is 3.50. The highest BCUT2D eigenvalue weighted by Crippen LogP contribution is 2.27. The maximum Gasteiger partial charge on any atom is 0.284 e. The van der Waals surface area contributed by atoms with Crippen LogP contribution in [-0.2, 0) is 4.79 Å². The summed E-state index contributed by atoms with van der Waals surface area (Å²) in [5, 5.41) is 14.4. The van der Waals surface area contributed by atoms with E-state index in [-0.39, 0.29) is 11.9 Å². The molecule has 1 fully saturated rings. The number of methoxy groups -OCH3 is 1. The van der Waals surface area contributed by atoms with E-state index in [1.54, 1.807) is 7.11 Å². The summed E-state index contributed by atoms with van der Waals surface area (Å²) in [6.07, 6.45) is 2.02. The molecule has 1 atom stereocenters. The molecule has 2 aromatic rings. The molecule has 1 aliphatic heterocycles. The normalized spacial score (nSPS) is 17.7. The van der Waals surface area contributed by atoms with Gasteiger partial charge in [0.15, 0.2) is 6.04 Å². The van der Waals surface area contributed by atoms with Gasteiger partial charge in [0.05, 0.1) is 13.7 Å². The van der Waals surface area contributed by atoms with Gasteiger partial charge in [-0.3, -0.25) is 10.1 Å². The average molecular weight is 305 g/mol. The zero-order chi connectivity index (χ0) is 14.7. The van der Waals surface area contributed by atoms with Crippen molar-refractivity contribution in [2.24, 2.45) is 0 Å². The average Bonchev–Trinajstić information content (AvgIpc) is 3.19. The van der Waals surface area contributed by atoms with Gasteiger partial charge in [0, 0.05) is 18.4 Å². The number of benzene rings is 1. The topological polar surface area (TPSA) is 80.7 Å². The molecular formula is C14H17N4O2S+. The van der Waals surface area contributed by atoms with E-state index >= 15 is 0 Å². The highest BCUT2D eigenvalue weighted by Gasteiger charge is 2.27. The molecule has 1 aliphatic rings. The van der Waals surface area contributed by atoms with E-state index in [9.17, 15) is 4.79 Å². The molecule has 1 aromatic carbocycles. The fourth-order valence-electron chi connectivity index (χ4n) is 2.33. The van der Waals surface area contributed by atoms with Crippen LogP contribution < -0.4 is 15.4 Å². The number of hydrogen-bond donors (Lipinski definition) is 2. The Labute approximate surface area is 126 Å². The van der Waals surface area contributed by atoms with E-state index in [2.05, 4.69) is 20.8 Å². The van der Waals surface area contributed by atoms with Gasteiger partial charge in [0.25, 0.3) is 5.91 Å². The first kappa shape index (κ1) is 14.0. The van der Waals surface area contributed by atoms with Gasteiger partial charge in [-0.05, 0) is 24.3 Å². The highest BCUT2D eigenvalue weighted by atomic mass is 32.1. The molecule has 7 heteroatoms. The fourth-order valence-corrected chi connectivity index (χ4v) is 3.09. The van der Waals surface area contributed by atoms with E-state index < -0.39 is 0 Å². The largest absolute Gasteiger partial charge is 0.497 e. The summed E-state index contributed by atoms with van der Waals surface area (Å²) in [4.78, 5) is 12.0. The lowest BCUT2D eigenvalue weighted by atomic mass is 10.2. The van der Waals surface area contributed by atoms with Gasteiger partial charge >= 0.3 is 0 Å². The predicted octanol–water partition coefficient (Wildman–Crippen LogP) is 0.878. The molecule has 0 spiro atoms. The predicted molar refractivity (Wildman–Crippen MR) is 80.3 cm³/mol. The molecule has 0 unspecified atom stereocenters. The number of quaternary nitrogens is 1. The summed E-state index contributed by atoms with van der Waals surface area (Å²) in [7, 11) is 1.63. The summed E-state index contributed by atoms with van der Waals surface area (Å²) in [5.41, 5.74) is 0.959. The van der Waals surface area contributed by atoms with Crippen LogP contribution in [0, 0.1) is 0 Å². The number of anilines is 1. The Morgan fingerprint density at radius 3 is 2.86 bits per heavy atom. The van der Waals surface area contributed by atoms with E-state index in [0.717, 1.165) is 35.7 Å². The van der Waals surface area contributed by atoms with Crippen LogP contribution in [0.1, 0.15) is 12.8 Å². The van der Waals surface area contributed by atoms with Crippen molar-refractivity contribution in [3.8, 4) is 16.3 Å². The molecule has 3 rings (SSSR count). The lowest BCUT2D eigenvalue weighted by Gasteiger charge is -2.04. The van der Waals surface area contributed by atoms with Crippen molar-refractivity contribution in [2.75, 3.05) is 19.0 Å². The molecule has 0 bridgehead atoms. The van der Waals surface area contributed by atoms with Crippen molar-refractivity contribution >= 4 is 22.4 Å². The second kappa shape index (κ2) is 6.19. The third kappa shape index (κ3) is 3.20. The maximum atomic E-state index is 12.0. The quantitative estimate of drug-likeness (QED) is 0.878. The number of carbonyl (C=O) groups is 1. The first-order valence-corrected chi connectivity index (χ1v) is 7.70. The van der Waals surface area contributed by atoms with Crippen LogP contribution >= 0.6 is 11.3 Å². The second-order valence-corrected chi connectivity index (χ2v) is 5.88. The van der Waals surface area contributed by atoms with Crippen molar-refractivity contribution in [2.45, 2.75) is 18.9 Å². The summed E-state index contributed by atoms with van der Waals surface area (Å²) in [6, 6.07) is 7.62. The van der Waals surface area contributed by atoms with Gasteiger partial charge in [-0.25, -0.2) is 0 Å². The number of nitrogens with zero attached hydrogens (tertiary/aromatic N) is 2. The Balaban J connectivity index is 1.68. The second-order valence-electron chi connectivity index (χ2n) is 4.90. The molecule has 1 aromatic heterocycles. The number of hydrogen-bond acceptors (Lipinski definition) is 5. The van der Waals surface area contributed by atoms with Crippen LogP contribution in [0.2, 0.25) is 0 Å². The van der Waals surface area contributed by atoms with Gasteiger partial charge in [-0.1, -0.05) is 11.3 Å². The van der Waals surface area contributed by atoms with Crippen LogP contribution in [0.25, 0.3) is 10.6 Å². The smallest absolute Gasteiger partial charge is 0.284 e. The fraction of sp³-hybridized carbons (Fsp3) is 0.357. The Bertz CT molecular complexity index is 620. The molecule has 1 amide bonds. The molecule has 21 heavy (non-hydrogen) atoms. The molecule has 1 saturated heterocycles. The summed E-state index contributed by atoms with van der Waals surface area (Å²) in [6.45, 7) is 1.02. The summed E-state index contributed by atoms with van der Waals surface area (Å²) in [5.74, 6) is 0.818. The van der Waals surface area contributed by atoms with Crippen molar-refractivity contribution in [1.29, 1.82) is 0 Å². The lowest BCUT2D eigenvalue weighted by Crippen LogP contribution is -2.88. The standard InChI is InChI=1S/C14H16N4O2S/c1-20-10-6-4-9(5-7-10)13-17-18-14(21-13)16-12(19)11-3-2-8-15-11/h4-7,11,15H,2-3,8H2,1H3,(H,16,18,19)/p+1/t11-/m0/s1. The Morgan fingerprint density at radius 2 is 2.19 bits per heavy atom. The van der Waals surface area contributed by atoms with Gasteiger partial charge in [0.2, 0.25) is 5.13 Å². The monoisotopic (exact) mass is 305 g/mol. The van der Waals surface area contributed by atoms with Crippen molar-refractivity contribution in [3.05, 3.63) is 24.3 Å². The van der Waals surface area contributed by atoms with Crippen LogP contribution in [0.4, 0.5) is 5.13 Å². The van der Waals surface area contributed by atoms with Gasteiger partial charge in [-0.15, -0.1) is 10.2 Å². The van der Waals surface area contributed by atoms with Crippen molar-refractivity contribution in [1.82, 2.24) is 10.2 Å². The molecule has 110 valence electrons. The minimum atomic E-state index is 0.0123. The van der Waals surface area contributed by atoms with Crippen LogP contribution in [0.5, 0.6) is 5.75 Å². The van der Waals surface area contributed by atoms with Gasteiger partial charge < -0.3 is 10.1 Å².